The van der Waals surface area contributed by atoms with Crippen molar-refractivity contribution < 1.29 is 9.18 Å². The molecule has 0 radical (unpaired) electrons. The van der Waals surface area contributed by atoms with E-state index in [-0.39, 0.29) is 17.3 Å². The van der Waals surface area contributed by atoms with E-state index in [1.54, 1.807) is 0 Å². The van der Waals surface area contributed by atoms with Crippen LogP contribution in [0.4, 0.5) is 14.9 Å². The lowest BCUT2D eigenvalue weighted by molar-refractivity contribution is 0.251. The van der Waals surface area contributed by atoms with E-state index >= 15 is 0 Å². The summed E-state index contributed by atoms with van der Waals surface area (Å²) in [5, 5.41) is 10.7. The molecule has 0 saturated heterocycles. The molecule has 6 heteroatoms. The number of hydrogen-bond donors (Lipinski definition) is 3. The van der Waals surface area contributed by atoms with E-state index in [9.17, 15) is 9.18 Å². The minimum absolute atomic E-state index is 0.240. The number of thioether (sulfide) groups is 1. The van der Waals surface area contributed by atoms with Crippen LogP contribution in [0.15, 0.2) is 60.0 Å². The van der Waals surface area contributed by atoms with Crippen molar-refractivity contribution in [1.29, 1.82) is 0 Å². The first-order valence-corrected chi connectivity index (χ1v) is 7.66. The largest absolute Gasteiger partial charge is 0.356 e. The second-order valence-corrected chi connectivity index (χ2v) is 5.64. The highest BCUT2D eigenvalue weighted by Gasteiger charge is 2.19. The molecular weight excluding hydrogens is 301 g/mol. The Morgan fingerprint density at radius 3 is 2.55 bits per heavy atom. The third-order valence-corrected chi connectivity index (χ3v) is 3.94. The van der Waals surface area contributed by atoms with E-state index in [1.807, 2.05) is 35.7 Å². The van der Waals surface area contributed by atoms with Crippen LogP contribution < -0.4 is 16.0 Å². The molecular formula is C16H14FN3OS. The van der Waals surface area contributed by atoms with E-state index in [2.05, 4.69) is 16.0 Å². The summed E-state index contributed by atoms with van der Waals surface area (Å²) in [6.45, 7) is 0. The van der Waals surface area contributed by atoms with Gasteiger partial charge in [-0.3, -0.25) is 0 Å². The standard InChI is InChI=1S/C16H14FN3OS/c17-12-6-8-13(9-7-12)18-15(21)20-16-19-14(10-22-16)11-4-2-1-3-5-11/h1-10,16,19H,(H2,18,20,21)/t16-/m1/s1. The zero-order valence-corrected chi connectivity index (χ0v) is 12.4. The lowest BCUT2D eigenvalue weighted by Gasteiger charge is -2.15. The number of anilines is 1. The van der Waals surface area contributed by atoms with E-state index in [0.717, 1.165) is 11.3 Å². The Morgan fingerprint density at radius 2 is 1.82 bits per heavy atom. The van der Waals surface area contributed by atoms with Crippen LogP contribution in [0.25, 0.3) is 5.70 Å². The molecule has 0 bridgehead atoms. The van der Waals surface area contributed by atoms with E-state index < -0.39 is 0 Å². The Hall–Kier alpha value is -2.47. The molecule has 1 aliphatic heterocycles. The lowest BCUT2D eigenvalue weighted by atomic mass is 10.2. The molecule has 112 valence electrons. The summed E-state index contributed by atoms with van der Waals surface area (Å²) in [6, 6.07) is 15.2. The van der Waals surface area contributed by atoms with E-state index in [1.165, 1.54) is 36.0 Å². The molecule has 1 aliphatic rings. The van der Waals surface area contributed by atoms with Crippen molar-refractivity contribution in [1.82, 2.24) is 10.6 Å². The Bertz CT molecular complexity index is 688. The van der Waals surface area contributed by atoms with Gasteiger partial charge in [0.05, 0.1) is 5.70 Å². The fourth-order valence-electron chi connectivity index (χ4n) is 2.00. The van der Waals surface area contributed by atoms with Gasteiger partial charge in [0, 0.05) is 5.69 Å². The molecule has 4 nitrogen and oxygen atoms in total. The average Bonchev–Trinajstić information content (AvgIpc) is 2.99. The fourth-order valence-corrected chi connectivity index (χ4v) is 2.85. The molecule has 0 aliphatic carbocycles. The Balaban J connectivity index is 1.53. The minimum Gasteiger partial charge on any atom is -0.356 e. The van der Waals surface area contributed by atoms with Gasteiger partial charge in [0.2, 0.25) is 0 Å². The van der Waals surface area contributed by atoms with Crippen LogP contribution in [0.3, 0.4) is 0 Å². The van der Waals surface area contributed by atoms with E-state index in [0.29, 0.717) is 5.69 Å². The van der Waals surface area contributed by atoms with Crippen LogP contribution in [0.1, 0.15) is 5.56 Å². The SMILES string of the molecule is O=C(Nc1ccc(F)cc1)N[C@H]1NC(c2ccccc2)=CS1. The van der Waals surface area contributed by atoms with Gasteiger partial charge in [-0.15, -0.1) is 0 Å². The maximum Gasteiger partial charge on any atom is 0.321 e. The quantitative estimate of drug-likeness (QED) is 0.811. The molecule has 3 N–H and O–H groups in total. The maximum atomic E-state index is 12.8. The second-order valence-electron chi connectivity index (χ2n) is 4.66. The highest BCUT2D eigenvalue weighted by molar-refractivity contribution is 8.03. The van der Waals surface area contributed by atoms with Gasteiger partial charge in [0.15, 0.2) is 5.50 Å². The first-order valence-electron chi connectivity index (χ1n) is 6.71. The summed E-state index contributed by atoms with van der Waals surface area (Å²) >= 11 is 1.48. The number of rotatable bonds is 3. The van der Waals surface area contributed by atoms with Crippen LogP contribution in [0, 0.1) is 5.82 Å². The topological polar surface area (TPSA) is 53.2 Å². The average molecular weight is 315 g/mol. The molecule has 2 aromatic carbocycles. The highest BCUT2D eigenvalue weighted by atomic mass is 32.2. The molecule has 2 amide bonds. The number of nitrogens with one attached hydrogen (secondary N) is 3. The molecule has 0 saturated carbocycles. The molecule has 0 fully saturated rings. The van der Waals surface area contributed by atoms with Crippen molar-refractivity contribution in [3.05, 3.63) is 71.4 Å². The summed E-state index contributed by atoms with van der Waals surface area (Å²) in [7, 11) is 0. The minimum atomic E-state index is -0.348. The van der Waals surface area contributed by atoms with Crippen molar-refractivity contribution in [3.63, 3.8) is 0 Å². The Kier molecular flexibility index (Phi) is 4.29. The van der Waals surface area contributed by atoms with Gasteiger partial charge >= 0.3 is 6.03 Å². The zero-order valence-electron chi connectivity index (χ0n) is 11.5. The van der Waals surface area contributed by atoms with Gasteiger partial charge in [0.25, 0.3) is 0 Å². The van der Waals surface area contributed by atoms with Gasteiger partial charge in [0.1, 0.15) is 5.82 Å². The summed E-state index contributed by atoms with van der Waals surface area (Å²) in [5.74, 6) is -0.337. The molecule has 0 aromatic heterocycles. The maximum absolute atomic E-state index is 12.8. The summed E-state index contributed by atoms with van der Waals surface area (Å²) < 4.78 is 12.8. The van der Waals surface area contributed by atoms with Crippen LogP contribution in [-0.2, 0) is 0 Å². The molecule has 2 aromatic rings. The normalized spacial score (nSPS) is 16.6. The number of benzene rings is 2. The lowest BCUT2D eigenvalue weighted by Crippen LogP contribution is -2.42. The third-order valence-electron chi connectivity index (χ3n) is 3.06. The molecule has 0 unspecified atom stereocenters. The van der Waals surface area contributed by atoms with Crippen molar-refractivity contribution in [2.45, 2.75) is 5.50 Å². The molecule has 1 atom stereocenters. The number of carbonyl (C=O) groups is 1. The van der Waals surface area contributed by atoms with Gasteiger partial charge in [-0.05, 0) is 35.2 Å². The summed E-state index contributed by atoms with van der Waals surface area (Å²) in [6.07, 6.45) is 0. The monoisotopic (exact) mass is 315 g/mol. The zero-order chi connectivity index (χ0) is 15.4. The van der Waals surface area contributed by atoms with Gasteiger partial charge in [-0.2, -0.15) is 0 Å². The van der Waals surface area contributed by atoms with Crippen LogP contribution in [0.2, 0.25) is 0 Å². The van der Waals surface area contributed by atoms with Crippen molar-refractivity contribution >= 4 is 29.2 Å². The second kappa shape index (κ2) is 6.53. The van der Waals surface area contributed by atoms with Crippen LogP contribution >= 0.6 is 11.8 Å². The van der Waals surface area contributed by atoms with E-state index in [4.69, 9.17) is 0 Å². The molecule has 3 rings (SSSR count). The summed E-state index contributed by atoms with van der Waals surface area (Å²) in [4.78, 5) is 11.9. The summed E-state index contributed by atoms with van der Waals surface area (Å²) in [5.41, 5.74) is 2.34. The number of halogens is 1. The van der Waals surface area contributed by atoms with Crippen LogP contribution in [-0.4, -0.2) is 11.5 Å². The number of carbonyl (C=O) groups excluding carboxylic acids is 1. The Labute approximate surface area is 131 Å². The van der Waals surface area contributed by atoms with Crippen molar-refractivity contribution in [2.75, 3.05) is 5.32 Å². The number of urea groups is 1. The predicted molar refractivity (Wildman–Crippen MR) is 87.5 cm³/mol. The first-order chi connectivity index (χ1) is 10.7. The third kappa shape index (κ3) is 3.59. The van der Waals surface area contributed by atoms with Crippen molar-refractivity contribution in [3.8, 4) is 0 Å². The van der Waals surface area contributed by atoms with Gasteiger partial charge in [-0.25, -0.2) is 9.18 Å². The smallest absolute Gasteiger partial charge is 0.321 e. The van der Waals surface area contributed by atoms with Crippen LogP contribution in [0.5, 0.6) is 0 Å². The van der Waals surface area contributed by atoms with Gasteiger partial charge < -0.3 is 16.0 Å². The van der Waals surface area contributed by atoms with Crippen molar-refractivity contribution in [2.24, 2.45) is 0 Å². The molecule has 0 spiro atoms. The van der Waals surface area contributed by atoms with Gasteiger partial charge in [-0.1, -0.05) is 42.1 Å². The predicted octanol–water partition coefficient (Wildman–Crippen LogP) is 3.57. The fraction of sp³-hybridized carbons (Fsp3) is 0.0625. The first kappa shape index (κ1) is 14.5. The highest BCUT2D eigenvalue weighted by Crippen LogP contribution is 2.25. The Morgan fingerprint density at radius 1 is 1.09 bits per heavy atom. The molecule has 1 heterocycles. The molecule has 22 heavy (non-hydrogen) atoms. The number of hydrogen-bond acceptors (Lipinski definition) is 3. The number of amides is 2.